The lowest BCUT2D eigenvalue weighted by molar-refractivity contribution is -0.137. The molecule has 216 valence electrons. The molecule has 0 bridgehead atoms. The lowest BCUT2D eigenvalue weighted by Crippen LogP contribution is -2.41. The molecule has 7 rings (SSSR count). The summed E-state index contributed by atoms with van der Waals surface area (Å²) in [5.41, 5.74) is 1.55. The third-order valence-corrected chi connectivity index (χ3v) is 11.3. The van der Waals surface area contributed by atoms with E-state index in [0.29, 0.717) is 11.8 Å². The zero-order valence-electron chi connectivity index (χ0n) is 22.2. The molecule has 1 amide bonds. The first kappa shape index (κ1) is 26.8. The van der Waals surface area contributed by atoms with Gasteiger partial charge in [-0.1, -0.05) is 12.1 Å². The van der Waals surface area contributed by atoms with Gasteiger partial charge in [0.25, 0.3) is 5.91 Å². The maximum atomic E-state index is 14.1. The van der Waals surface area contributed by atoms with Gasteiger partial charge in [0.2, 0.25) is 5.95 Å². The molecule has 4 aliphatic rings. The molecule has 8 nitrogen and oxygen atoms in total. The molecule has 3 aromatic rings. The van der Waals surface area contributed by atoms with Gasteiger partial charge in [0, 0.05) is 43.5 Å². The second kappa shape index (κ2) is 9.50. The van der Waals surface area contributed by atoms with Gasteiger partial charge in [-0.25, -0.2) is 18.4 Å². The van der Waals surface area contributed by atoms with E-state index in [4.69, 9.17) is 0 Å². The van der Waals surface area contributed by atoms with Gasteiger partial charge in [-0.15, -0.1) is 11.3 Å². The van der Waals surface area contributed by atoms with Gasteiger partial charge in [-0.05, 0) is 61.9 Å². The van der Waals surface area contributed by atoms with E-state index in [1.807, 2.05) is 12.1 Å². The number of nitrogens with zero attached hydrogens (tertiary/aromatic N) is 4. The highest BCUT2D eigenvalue weighted by Gasteiger charge is 2.42. The van der Waals surface area contributed by atoms with Gasteiger partial charge < -0.3 is 15.1 Å². The molecule has 0 spiro atoms. The van der Waals surface area contributed by atoms with Crippen molar-refractivity contribution in [1.29, 1.82) is 0 Å². The number of carbonyl (C=O) groups excluding carboxylic acids is 1. The first-order chi connectivity index (χ1) is 19.5. The number of thiophene rings is 1. The van der Waals surface area contributed by atoms with Crippen molar-refractivity contribution in [1.82, 2.24) is 19.8 Å². The van der Waals surface area contributed by atoms with Crippen molar-refractivity contribution < 1.29 is 26.4 Å². The van der Waals surface area contributed by atoms with Gasteiger partial charge in [-0.3, -0.25) is 4.79 Å². The molecule has 1 saturated heterocycles. The van der Waals surface area contributed by atoms with Gasteiger partial charge >= 0.3 is 6.18 Å². The number of benzene rings is 1. The monoisotopic (exact) mass is 603 g/mol. The summed E-state index contributed by atoms with van der Waals surface area (Å²) >= 11 is 0.746. The van der Waals surface area contributed by atoms with Crippen molar-refractivity contribution in [3.8, 4) is 10.6 Å². The minimum Gasteiger partial charge on any atom is -0.334 e. The summed E-state index contributed by atoms with van der Waals surface area (Å²) in [5.74, 6) is 0.0984. The Morgan fingerprint density at radius 2 is 1.83 bits per heavy atom. The van der Waals surface area contributed by atoms with Crippen LogP contribution in [0.3, 0.4) is 0 Å². The van der Waals surface area contributed by atoms with Gasteiger partial charge in [0.1, 0.15) is 10.4 Å². The summed E-state index contributed by atoms with van der Waals surface area (Å²) in [6.07, 6.45) is -0.390. The van der Waals surface area contributed by atoms with Crippen LogP contribution in [0.4, 0.5) is 24.8 Å². The fourth-order valence-corrected chi connectivity index (χ4v) is 8.63. The Morgan fingerprint density at radius 1 is 1.07 bits per heavy atom. The Hall–Kier alpha value is -3.03. The molecule has 2 saturated carbocycles. The van der Waals surface area contributed by atoms with Crippen LogP contribution in [0.15, 0.2) is 35.4 Å². The number of likely N-dealkylation sites (tertiary alicyclic amines) is 1. The first-order valence-corrected chi connectivity index (χ1v) is 16.2. The maximum Gasteiger partial charge on any atom is 0.420 e. The minimum absolute atomic E-state index is 0.0213. The van der Waals surface area contributed by atoms with Crippen molar-refractivity contribution >= 4 is 38.7 Å². The molecule has 41 heavy (non-hydrogen) atoms. The SMILES string of the molecule is CN1CC(c2ccc(Nc3ncc(C(F)(F)F)c(-c4cc5c(s4)C(=O)N(C4CC4)CCS5(=O)=O)n3)c(C3CC3)c2)C1. The molecular formula is C28H28F3N5O3S2. The van der Waals surface area contributed by atoms with Crippen molar-refractivity contribution in [3.05, 3.63) is 52.0 Å². The van der Waals surface area contributed by atoms with Crippen LogP contribution in [-0.2, 0) is 16.0 Å². The van der Waals surface area contributed by atoms with Crippen LogP contribution in [-0.4, -0.2) is 72.6 Å². The topological polar surface area (TPSA) is 95.5 Å². The van der Waals surface area contributed by atoms with Crippen LogP contribution in [0.25, 0.3) is 10.6 Å². The van der Waals surface area contributed by atoms with Crippen LogP contribution in [0.1, 0.15) is 63.9 Å². The summed E-state index contributed by atoms with van der Waals surface area (Å²) in [6, 6.07) is 7.31. The largest absolute Gasteiger partial charge is 0.420 e. The standard InChI is InChI=1S/C28H28F3N5O3S2/c1-35-13-17(14-35)16-4-7-21(19(10-16)15-2-3-15)33-27-32-12-20(28(29,30)31)24(34-27)22-11-23-25(40-22)26(37)36(18-5-6-18)8-9-41(23,38)39/h4,7,10-12,15,17-18H,2-3,5-6,8-9,13-14H2,1H3,(H,32,33,34). The zero-order chi connectivity index (χ0) is 28.7. The number of fused-ring (bicyclic) bond motifs is 1. The zero-order valence-corrected chi connectivity index (χ0v) is 23.9. The Kier molecular flexibility index (Phi) is 6.22. The van der Waals surface area contributed by atoms with E-state index >= 15 is 0 Å². The number of alkyl halides is 3. The number of amides is 1. The van der Waals surface area contributed by atoms with Crippen LogP contribution >= 0.6 is 11.3 Å². The lowest BCUT2D eigenvalue weighted by atomic mass is 9.89. The lowest BCUT2D eigenvalue weighted by Gasteiger charge is -2.36. The van der Waals surface area contributed by atoms with Gasteiger partial charge in [0.15, 0.2) is 9.84 Å². The van der Waals surface area contributed by atoms with Crippen molar-refractivity contribution in [2.24, 2.45) is 0 Å². The highest BCUT2D eigenvalue weighted by Crippen LogP contribution is 2.46. The maximum absolute atomic E-state index is 14.1. The third-order valence-electron chi connectivity index (χ3n) is 8.28. The van der Waals surface area contributed by atoms with Gasteiger partial charge in [-0.2, -0.15) is 13.2 Å². The molecule has 0 radical (unpaired) electrons. The molecule has 13 heteroatoms. The smallest absolute Gasteiger partial charge is 0.334 e. The molecule has 2 aromatic heterocycles. The van der Waals surface area contributed by atoms with Crippen LogP contribution < -0.4 is 5.32 Å². The summed E-state index contributed by atoms with van der Waals surface area (Å²) < 4.78 is 68.4. The van der Waals surface area contributed by atoms with E-state index in [1.165, 1.54) is 16.5 Å². The number of nitrogens with one attached hydrogen (secondary N) is 1. The highest BCUT2D eigenvalue weighted by molar-refractivity contribution is 7.91. The number of hydrogen-bond acceptors (Lipinski definition) is 8. The van der Waals surface area contributed by atoms with Crippen LogP contribution in [0, 0.1) is 0 Å². The number of carbonyl (C=O) groups is 1. The van der Waals surface area contributed by atoms with E-state index < -0.39 is 33.2 Å². The van der Waals surface area contributed by atoms with Gasteiger partial charge in [0.05, 0.1) is 21.2 Å². The fraction of sp³-hybridized carbons (Fsp3) is 0.464. The molecule has 1 aromatic carbocycles. The fourth-order valence-electron chi connectivity index (χ4n) is 5.71. The van der Waals surface area contributed by atoms with Crippen molar-refractivity contribution in [2.75, 3.05) is 37.8 Å². The number of aromatic nitrogens is 2. The number of sulfone groups is 1. The van der Waals surface area contributed by atoms with Crippen molar-refractivity contribution in [3.63, 3.8) is 0 Å². The predicted octanol–water partition coefficient (Wildman–Crippen LogP) is 5.27. The number of hydrogen-bond donors (Lipinski definition) is 1. The van der Waals surface area contributed by atoms with Crippen molar-refractivity contribution in [2.45, 2.75) is 54.6 Å². The molecule has 1 N–H and O–H groups in total. The highest BCUT2D eigenvalue weighted by atomic mass is 32.2. The summed E-state index contributed by atoms with van der Waals surface area (Å²) in [5, 5.41) is 3.13. The van der Waals surface area contributed by atoms with E-state index in [2.05, 4.69) is 33.3 Å². The Bertz CT molecular complexity index is 1660. The molecule has 2 aliphatic heterocycles. The van der Waals surface area contributed by atoms with Crippen LogP contribution in [0.2, 0.25) is 0 Å². The first-order valence-electron chi connectivity index (χ1n) is 13.7. The van der Waals surface area contributed by atoms with E-state index in [0.717, 1.165) is 67.6 Å². The third kappa shape index (κ3) is 5.01. The number of likely N-dealkylation sites (N-methyl/N-ethyl adjacent to an activating group) is 1. The molecule has 3 fully saturated rings. The number of halogens is 3. The summed E-state index contributed by atoms with van der Waals surface area (Å²) in [7, 11) is -1.78. The quantitative estimate of drug-likeness (QED) is 0.411. The van der Waals surface area contributed by atoms with E-state index in [9.17, 15) is 26.4 Å². The Labute approximate surface area is 239 Å². The van der Waals surface area contributed by atoms with Crippen LogP contribution in [0.5, 0.6) is 0 Å². The summed E-state index contributed by atoms with van der Waals surface area (Å²) in [4.78, 5) is 25.0. The molecule has 0 unspecified atom stereocenters. The number of rotatable bonds is 6. The minimum atomic E-state index is -4.78. The molecule has 4 heterocycles. The average Bonchev–Trinajstić information content (AvgIpc) is 3.84. The molecule has 0 atom stereocenters. The second-order valence-corrected chi connectivity index (χ2v) is 14.6. The summed E-state index contributed by atoms with van der Waals surface area (Å²) in [6.45, 7) is 2.06. The van der Waals surface area contributed by atoms with E-state index in [1.54, 1.807) is 0 Å². The Balaban J connectivity index is 1.27. The molecular weight excluding hydrogens is 575 g/mol. The molecule has 2 aliphatic carbocycles. The van der Waals surface area contributed by atoms with E-state index in [-0.39, 0.29) is 38.9 Å². The normalized spacial score (nSPS) is 21.4. The average molecular weight is 604 g/mol. The number of anilines is 2. The predicted molar refractivity (Wildman–Crippen MR) is 148 cm³/mol. The Morgan fingerprint density at radius 3 is 2.49 bits per heavy atom. The second-order valence-electron chi connectivity index (χ2n) is 11.5.